The average molecular weight is 311 g/mol. The van der Waals surface area contributed by atoms with E-state index in [1.807, 2.05) is 0 Å². The molecule has 2 N–H and O–H groups in total. The van der Waals surface area contributed by atoms with Crippen LogP contribution in [0.25, 0.3) is 11.7 Å². The highest BCUT2D eigenvalue weighted by molar-refractivity contribution is 5.78. The zero-order chi connectivity index (χ0) is 16.1. The van der Waals surface area contributed by atoms with Gasteiger partial charge in [-0.2, -0.15) is 9.09 Å². The lowest BCUT2D eigenvalue weighted by atomic mass is 10.3. The van der Waals surface area contributed by atoms with E-state index in [-0.39, 0.29) is 0 Å². The summed E-state index contributed by atoms with van der Waals surface area (Å²) in [6.07, 6.45) is 9.73. The first-order chi connectivity index (χ1) is 11.3. The predicted molar refractivity (Wildman–Crippen MR) is 78.3 cm³/mol. The zero-order valence-electron chi connectivity index (χ0n) is 11.9. The van der Waals surface area contributed by atoms with Gasteiger partial charge >= 0.3 is 11.7 Å². The van der Waals surface area contributed by atoms with Gasteiger partial charge < -0.3 is 10.4 Å². The molecule has 0 spiro atoms. The summed E-state index contributed by atoms with van der Waals surface area (Å²) in [4.78, 5) is 0. The summed E-state index contributed by atoms with van der Waals surface area (Å²) in [5, 5.41) is 27.2. The largest absolute Gasteiger partial charge is 0.432 e. The van der Waals surface area contributed by atoms with Gasteiger partial charge in [-0.15, -0.1) is 4.57 Å². The van der Waals surface area contributed by atoms with E-state index in [1.54, 1.807) is 64.3 Å². The fourth-order valence-corrected chi connectivity index (χ4v) is 2.05. The Hall–Kier alpha value is -3.55. The van der Waals surface area contributed by atoms with Crippen molar-refractivity contribution in [1.29, 1.82) is 0 Å². The number of rotatable bonds is 4. The topological polar surface area (TPSA) is 99.0 Å². The van der Waals surface area contributed by atoms with Gasteiger partial charge in [0.25, 0.3) is 0 Å². The van der Waals surface area contributed by atoms with Crippen LogP contribution in [0.5, 0.6) is 0 Å². The number of aromatic nitrogens is 3. The van der Waals surface area contributed by atoms with Crippen LogP contribution < -0.4 is 9.13 Å². The molecule has 3 aromatic heterocycles. The minimum absolute atomic E-state index is 0.502. The molecule has 0 unspecified atom stereocenters. The second-order valence-corrected chi connectivity index (χ2v) is 4.60. The SMILES string of the molecule is O/N=C/c1ccc[n+](-c2cc(-[n+]3cccc(/C=N/O)c3)on2)c1. The Bertz CT molecular complexity index is 803. The molecule has 0 aliphatic rings. The molecule has 3 heterocycles. The Balaban J connectivity index is 1.94. The molecule has 0 radical (unpaired) electrons. The molecule has 0 aromatic carbocycles. The van der Waals surface area contributed by atoms with Gasteiger partial charge in [-0.05, 0) is 18.2 Å². The van der Waals surface area contributed by atoms with Crippen molar-refractivity contribution in [3.8, 4) is 11.7 Å². The standard InChI is InChI=1S/C15H11N5O3/c21-16-8-12-3-1-5-19(10-12)14-7-15(23-18-14)20-6-2-4-13(11-20)9-17-22/h1-11H/p+2/b16-8+,17-9+. The summed E-state index contributed by atoms with van der Waals surface area (Å²) < 4.78 is 8.80. The second-order valence-electron chi connectivity index (χ2n) is 4.60. The number of nitrogens with zero attached hydrogens (tertiary/aromatic N) is 5. The highest BCUT2D eigenvalue weighted by atomic mass is 16.5. The summed E-state index contributed by atoms with van der Waals surface area (Å²) >= 11 is 0. The maximum atomic E-state index is 8.60. The molecule has 0 saturated carbocycles. The molecule has 0 amide bonds. The Kier molecular flexibility index (Phi) is 4.05. The molecular weight excluding hydrogens is 298 g/mol. The van der Waals surface area contributed by atoms with Crippen LogP contribution in [0.1, 0.15) is 11.1 Å². The highest BCUT2D eigenvalue weighted by Crippen LogP contribution is 2.04. The molecule has 0 aliphatic heterocycles. The molecule has 0 aliphatic carbocycles. The van der Waals surface area contributed by atoms with Crippen molar-refractivity contribution in [2.24, 2.45) is 10.3 Å². The minimum atomic E-state index is 0.502. The maximum absolute atomic E-state index is 8.60. The van der Waals surface area contributed by atoms with E-state index in [0.717, 1.165) is 0 Å². The van der Waals surface area contributed by atoms with E-state index < -0.39 is 0 Å². The fourth-order valence-electron chi connectivity index (χ4n) is 2.05. The smallest absolute Gasteiger partial charge is 0.411 e. The fraction of sp³-hybridized carbons (Fsp3) is 0. The van der Waals surface area contributed by atoms with Crippen molar-refractivity contribution < 1.29 is 24.1 Å². The zero-order valence-corrected chi connectivity index (χ0v) is 11.9. The quantitative estimate of drug-likeness (QED) is 0.323. The normalized spacial score (nSPS) is 11.5. The van der Waals surface area contributed by atoms with Gasteiger partial charge in [-0.3, -0.25) is 0 Å². The molecule has 0 atom stereocenters. The van der Waals surface area contributed by atoms with Crippen LogP contribution in [-0.4, -0.2) is 28.0 Å². The molecule has 8 nitrogen and oxygen atoms in total. The third-order valence-electron chi connectivity index (χ3n) is 3.06. The molecule has 0 fully saturated rings. The molecule has 3 aromatic rings. The summed E-state index contributed by atoms with van der Waals surface area (Å²) in [6.45, 7) is 0. The molecule has 0 saturated heterocycles. The molecular formula is C15H13N5O3+2. The van der Waals surface area contributed by atoms with Crippen LogP contribution in [0.15, 0.2) is 70.0 Å². The van der Waals surface area contributed by atoms with E-state index in [9.17, 15) is 0 Å². The minimum Gasteiger partial charge on any atom is -0.411 e. The van der Waals surface area contributed by atoms with Crippen LogP contribution in [0.3, 0.4) is 0 Å². The molecule has 8 heteroatoms. The molecule has 3 rings (SSSR count). The van der Waals surface area contributed by atoms with Crippen LogP contribution in [0.2, 0.25) is 0 Å². The molecule has 0 bridgehead atoms. The Labute approximate surface area is 130 Å². The first-order valence-electron chi connectivity index (χ1n) is 6.65. The van der Waals surface area contributed by atoms with Gasteiger partial charge in [0.15, 0.2) is 23.6 Å². The summed E-state index contributed by atoms with van der Waals surface area (Å²) in [7, 11) is 0. The van der Waals surface area contributed by atoms with E-state index in [1.165, 1.54) is 12.4 Å². The van der Waals surface area contributed by atoms with Gasteiger partial charge in [-0.25, -0.2) is 0 Å². The Morgan fingerprint density at radius 2 is 1.57 bits per heavy atom. The Morgan fingerprint density at radius 1 is 0.957 bits per heavy atom. The number of oxime groups is 2. The third-order valence-corrected chi connectivity index (χ3v) is 3.06. The third kappa shape index (κ3) is 3.21. The van der Waals surface area contributed by atoms with Crippen molar-refractivity contribution in [1.82, 2.24) is 5.16 Å². The lowest BCUT2D eigenvalue weighted by molar-refractivity contribution is -0.610. The van der Waals surface area contributed by atoms with Gasteiger partial charge in [0.05, 0.1) is 24.2 Å². The van der Waals surface area contributed by atoms with E-state index >= 15 is 0 Å². The Morgan fingerprint density at radius 3 is 2.22 bits per heavy atom. The maximum Gasteiger partial charge on any atom is 0.432 e. The molecule has 23 heavy (non-hydrogen) atoms. The monoisotopic (exact) mass is 311 g/mol. The van der Waals surface area contributed by atoms with Crippen molar-refractivity contribution in [2.45, 2.75) is 0 Å². The van der Waals surface area contributed by atoms with Crippen LogP contribution in [0, 0.1) is 0 Å². The van der Waals surface area contributed by atoms with E-state index in [2.05, 4.69) is 15.5 Å². The lowest BCUT2D eigenvalue weighted by Gasteiger charge is -1.92. The van der Waals surface area contributed by atoms with Crippen LogP contribution in [-0.2, 0) is 0 Å². The first kappa shape index (κ1) is 14.4. The molecule has 114 valence electrons. The van der Waals surface area contributed by atoms with Crippen molar-refractivity contribution in [3.63, 3.8) is 0 Å². The van der Waals surface area contributed by atoms with Gasteiger partial charge in [0.2, 0.25) is 0 Å². The van der Waals surface area contributed by atoms with E-state index in [4.69, 9.17) is 14.9 Å². The van der Waals surface area contributed by atoms with Crippen LogP contribution >= 0.6 is 0 Å². The van der Waals surface area contributed by atoms with E-state index in [0.29, 0.717) is 22.8 Å². The summed E-state index contributed by atoms with van der Waals surface area (Å²) in [5.41, 5.74) is 1.43. The summed E-state index contributed by atoms with van der Waals surface area (Å²) in [6, 6.07) is 8.94. The lowest BCUT2D eigenvalue weighted by Crippen LogP contribution is -2.31. The van der Waals surface area contributed by atoms with Crippen molar-refractivity contribution in [2.75, 3.05) is 0 Å². The van der Waals surface area contributed by atoms with Crippen molar-refractivity contribution in [3.05, 3.63) is 66.2 Å². The number of hydrogen-bond acceptors (Lipinski definition) is 6. The average Bonchev–Trinajstić information content (AvgIpc) is 3.06. The number of hydrogen-bond donors (Lipinski definition) is 2. The van der Waals surface area contributed by atoms with Crippen LogP contribution in [0.4, 0.5) is 0 Å². The first-order valence-corrected chi connectivity index (χ1v) is 6.65. The second kappa shape index (κ2) is 6.48. The van der Waals surface area contributed by atoms with Crippen molar-refractivity contribution >= 4 is 12.4 Å². The highest BCUT2D eigenvalue weighted by Gasteiger charge is 2.22. The predicted octanol–water partition coefficient (Wildman–Crippen LogP) is 0.844. The number of pyridine rings is 2. The van der Waals surface area contributed by atoms with Gasteiger partial charge in [-0.1, -0.05) is 10.3 Å². The summed E-state index contributed by atoms with van der Waals surface area (Å²) in [5.74, 6) is 1.07. The van der Waals surface area contributed by atoms with Gasteiger partial charge in [0.1, 0.15) is 6.20 Å². The van der Waals surface area contributed by atoms with Gasteiger partial charge in [0, 0.05) is 11.6 Å².